The highest BCUT2D eigenvalue weighted by atomic mass is 32.2. The monoisotopic (exact) mass is 658 g/mol. The van der Waals surface area contributed by atoms with Gasteiger partial charge in [-0.3, -0.25) is 9.59 Å². The largest absolute Gasteiger partial charge is 0.493 e. The average molecular weight is 659 g/mol. The fourth-order valence-corrected chi connectivity index (χ4v) is 7.19. The van der Waals surface area contributed by atoms with Gasteiger partial charge in [0.15, 0.2) is 11.5 Å². The Morgan fingerprint density at radius 2 is 1.89 bits per heavy atom. The summed E-state index contributed by atoms with van der Waals surface area (Å²) >= 11 is 0. The van der Waals surface area contributed by atoms with Gasteiger partial charge in [0, 0.05) is 29.8 Å². The molecule has 2 heterocycles. The number of aromatic nitrogens is 3. The molecule has 1 aliphatic rings. The summed E-state index contributed by atoms with van der Waals surface area (Å²) in [6.45, 7) is 8.33. The first kappa shape index (κ1) is 34.7. The van der Waals surface area contributed by atoms with Crippen LogP contribution in [0.2, 0.25) is 0 Å². The molecule has 1 amide bonds. The first-order valence-corrected chi connectivity index (χ1v) is 16.7. The summed E-state index contributed by atoms with van der Waals surface area (Å²) in [4.78, 5) is 33.3. The Labute approximate surface area is 267 Å². The summed E-state index contributed by atoms with van der Waals surface area (Å²) < 4.78 is 66.2. The van der Waals surface area contributed by atoms with Crippen molar-refractivity contribution in [3.8, 4) is 22.8 Å². The third-order valence-corrected chi connectivity index (χ3v) is 9.74. The zero-order valence-corrected chi connectivity index (χ0v) is 27.3. The average Bonchev–Trinajstić information content (AvgIpc) is 3.01. The first-order valence-electron chi connectivity index (χ1n) is 15.1. The van der Waals surface area contributed by atoms with Gasteiger partial charge in [0.1, 0.15) is 5.69 Å². The van der Waals surface area contributed by atoms with E-state index in [0.717, 1.165) is 30.9 Å². The van der Waals surface area contributed by atoms with E-state index in [1.165, 1.54) is 37.1 Å². The Balaban J connectivity index is 1.53. The van der Waals surface area contributed by atoms with Gasteiger partial charge in [-0.25, -0.2) is 27.2 Å². The number of alkyl halides is 2. The van der Waals surface area contributed by atoms with E-state index in [2.05, 4.69) is 28.8 Å². The lowest BCUT2D eigenvalue weighted by atomic mass is 9.73. The Hall–Kier alpha value is -4.13. The van der Waals surface area contributed by atoms with Crippen LogP contribution >= 0.6 is 0 Å². The third-order valence-electron chi connectivity index (χ3n) is 8.17. The number of carbonyl (C=O) groups is 1. The predicted octanol–water partition coefficient (Wildman–Crippen LogP) is 5.50. The van der Waals surface area contributed by atoms with Gasteiger partial charge in [0.25, 0.3) is 12.0 Å². The van der Waals surface area contributed by atoms with Crippen LogP contribution in [-0.2, 0) is 21.2 Å². The van der Waals surface area contributed by atoms with Crippen molar-refractivity contribution in [1.29, 1.82) is 0 Å². The molecule has 0 saturated heterocycles. The van der Waals surface area contributed by atoms with Crippen molar-refractivity contribution in [3.63, 3.8) is 0 Å². The number of pyridine rings is 1. The van der Waals surface area contributed by atoms with Gasteiger partial charge in [-0.05, 0) is 67.9 Å². The van der Waals surface area contributed by atoms with Gasteiger partial charge in [-0.2, -0.15) is 0 Å². The molecule has 1 N–H and O–H groups in total. The summed E-state index contributed by atoms with van der Waals surface area (Å²) in [5, 5.41) is 2.33. The van der Waals surface area contributed by atoms with Crippen LogP contribution in [-0.4, -0.2) is 54.4 Å². The number of hydrogen-bond acceptors (Lipinski definition) is 8. The highest BCUT2D eigenvalue weighted by Gasteiger charge is 2.36. The second kappa shape index (κ2) is 14.5. The topological polar surface area (TPSA) is 129 Å². The third kappa shape index (κ3) is 8.36. The Kier molecular flexibility index (Phi) is 11.0. The van der Waals surface area contributed by atoms with E-state index >= 15 is 0 Å². The van der Waals surface area contributed by atoms with Crippen molar-refractivity contribution < 1.29 is 31.5 Å². The highest BCUT2D eigenvalue weighted by Crippen LogP contribution is 2.37. The number of ether oxygens (including phenoxy) is 2. The van der Waals surface area contributed by atoms with Crippen molar-refractivity contribution in [2.24, 2.45) is 5.92 Å². The molecule has 0 bridgehead atoms. The van der Waals surface area contributed by atoms with E-state index in [9.17, 15) is 26.8 Å². The molecule has 2 unspecified atom stereocenters. The van der Waals surface area contributed by atoms with Gasteiger partial charge < -0.3 is 19.4 Å². The number of sulfone groups is 1. The second-order valence-corrected chi connectivity index (χ2v) is 13.9. The van der Waals surface area contributed by atoms with Gasteiger partial charge in [-0.15, -0.1) is 0 Å². The first-order chi connectivity index (χ1) is 21.8. The van der Waals surface area contributed by atoms with Crippen LogP contribution in [0.1, 0.15) is 70.1 Å². The molecule has 0 spiro atoms. The molecular formula is C33H40F2N4O6S. The van der Waals surface area contributed by atoms with Crippen LogP contribution in [0.25, 0.3) is 11.3 Å². The predicted molar refractivity (Wildman–Crippen MR) is 170 cm³/mol. The number of halogens is 2. The zero-order chi connectivity index (χ0) is 33.6. The van der Waals surface area contributed by atoms with Crippen molar-refractivity contribution in [3.05, 3.63) is 76.4 Å². The smallest absolute Gasteiger partial charge is 0.280 e. The minimum atomic E-state index is -4.24. The number of methoxy groups -OCH3 is 2. The lowest BCUT2D eigenvalue weighted by Gasteiger charge is -2.41. The van der Waals surface area contributed by atoms with Gasteiger partial charge in [-0.1, -0.05) is 32.1 Å². The Morgan fingerprint density at radius 1 is 1.15 bits per heavy atom. The molecule has 0 aliphatic heterocycles. The van der Waals surface area contributed by atoms with Crippen molar-refractivity contribution in [1.82, 2.24) is 19.9 Å². The Bertz CT molecular complexity index is 1760. The molecule has 13 heteroatoms. The molecule has 3 aromatic rings. The summed E-state index contributed by atoms with van der Waals surface area (Å²) in [7, 11) is -1.25. The standard InChI is InChI=1S/C33H40F2N4O6S/c1-6-33(17-21(2)14-22(3)18-33)38-29(40)8-7-13-46(42,43)32-36-25(16-26(37-32)31(34)35)24-10-12-30(41)39(20-24)19-23-9-11-27(44-4)28(15-23)45-5/h9-12,15-16,20,22,31H,2,6-8,13-14,17-19H2,1,3-5H3,(H,38,40). The van der Waals surface area contributed by atoms with E-state index in [1.54, 1.807) is 18.2 Å². The van der Waals surface area contributed by atoms with Crippen molar-refractivity contribution in [2.45, 2.75) is 76.0 Å². The molecule has 4 rings (SSSR count). The van der Waals surface area contributed by atoms with Crippen LogP contribution in [0.3, 0.4) is 0 Å². The number of nitrogens with zero attached hydrogens (tertiary/aromatic N) is 3. The molecule has 1 aromatic carbocycles. The van der Waals surface area contributed by atoms with E-state index < -0.39 is 38.4 Å². The van der Waals surface area contributed by atoms with E-state index in [1.807, 2.05) is 6.92 Å². The number of hydrogen-bond donors (Lipinski definition) is 1. The zero-order valence-electron chi connectivity index (χ0n) is 26.5. The fourth-order valence-electron chi connectivity index (χ4n) is 6.00. The maximum atomic E-state index is 13.9. The van der Waals surface area contributed by atoms with E-state index in [-0.39, 0.29) is 42.1 Å². The molecule has 2 atom stereocenters. The minimum absolute atomic E-state index is 0.0434. The number of carbonyl (C=O) groups excluding carboxylic acids is 1. The van der Waals surface area contributed by atoms with Crippen LogP contribution in [0.5, 0.6) is 11.5 Å². The fraction of sp³-hybridized carbons (Fsp3) is 0.455. The number of nitrogens with one attached hydrogen (secondary N) is 1. The summed E-state index contributed by atoms with van der Waals surface area (Å²) in [6.07, 6.45) is 1.36. The summed E-state index contributed by atoms with van der Waals surface area (Å²) in [5.74, 6) is 0.567. The van der Waals surface area contributed by atoms with Crippen molar-refractivity contribution in [2.75, 3.05) is 20.0 Å². The molecule has 1 aliphatic carbocycles. The maximum Gasteiger partial charge on any atom is 0.280 e. The lowest BCUT2D eigenvalue weighted by molar-refractivity contribution is -0.123. The normalized spacial score (nSPS) is 18.4. The van der Waals surface area contributed by atoms with E-state index in [4.69, 9.17) is 9.47 Å². The molecule has 46 heavy (non-hydrogen) atoms. The quantitative estimate of drug-likeness (QED) is 0.188. The van der Waals surface area contributed by atoms with Crippen LogP contribution in [0, 0.1) is 5.92 Å². The maximum absolute atomic E-state index is 13.9. The number of benzene rings is 1. The lowest BCUT2D eigenvalue weighted by Crippen LogP contribution is -2.51. The summed E-state index contributed by atoms with van der Waals surface area (Å²) in [6, 6.07) is 8.78. The molecule has 10 nitrogen and oxygen atoms in total. The molecule has 1 fully saturated rings. The number of amides is 1. The molecule has 0 radical (unpaired) electrons. The molecular weight excluding hydrogens is 618 g/mol. The van der Waals surface area contributed by atoms with Gasteiger partial charge in [0.2, 0.25) is 20.9 Å². The van der Waals surface area contributed by atoms with Gasteiger partial charge in [0.05, 0.1) is 32.2 Å². The second-order valence-electron chi connectivity index (χ2n) is 11.9. The Morgan fingerprint density at radius 3 is 2.54 bits per heavy atom. The van der Waals surface area contributed by atoms with Gasteiger partial charge >= 0.3 is 0 Å². The SMILES string of the molecule is C=C1CC(C)CC(CC)(NC(=O)CCCS(=O)(=O)c2nc(-c3ccc(=O)n(Cc4ccc(OC)c(OC)c4)c3)cc(C(F)F)n2)C1. The highest BCUT2D eigenvalue weighted by molar-refractivity contribution is 7.91. The molecule has 1 saturated carbocycles. The van der Waals surface area contributed by atoms with E-state index in [0.29, 0.717) is 29.4 Å². The number of rotatable bonds is 13. The summed E-state index contributed by atoms with van der Waals surface area (Å²) in [5.41, 5.74) is 0.386. The molecule has 248 valence electrons. The van der Waals surface area contributed by atoms with Crippen LogP contribution in [0.4, 0.5) is 8.78 Å². The van der Waals surface area contributed by atoms with Crippen LogP contribution in [0.15, 0.2) is 64.7 Å². The van der Waals surface area contributed by atoms with Crippen molar-refractivity contribution >= 4 is 15.7 Å². The molecule has 2 aromatic heterocycles. The van der Waals surface area contributed by atoms with Crippen LogP contribution < -0.4 is 20.3 Å². The minimum Gasteiger partial charge on any atom is -0.493 e.